The number of anilines is 1. The zero-order chi connectivity index (χ0) is 23.2. The summed E-state index contributed by atoms with van der Waals surface area (Å²) in [7, 11) is 0. The van der Waals surface area contributed by atoms with E-state index in [1.54, 1.807) is 18.3 Å². The van der Waals surface area contributed by atoms with E-state index >= 15 is 0 Å². The maximum Gasteiger partial charge on any atom is 0.228 e. The lowest BCUT2D eigenvalue weighted by atomic mass is 9.95. The molecule has 172 valence electrons. The topological polar surface area (TPSA) is 101 Å². The monoisotopic (exact) mass is 447 g/mol. The third kappa shape index (κ3) is 5.83. The Balaban J connectivity index is 1.23. The lowest BCUT2D eigenvalue weighted by Gasteiger charge is -2.31. The number of carbonyl (C=O) groups excluding carboxylic acids is 2. The van der Waals surface area contributed by atoms with Gasteiger partial charge in [-0.25, -0.2) is 4.98 Å². The number of rotatable bonds is 7. The van der Waals surface area contributed by atoms with E-state index in [-0.39, 0.29) is 17.7 Å². The minimum absolute atomic E-state index is 0.0411. The first-order chi connectivity index (χ1) is 16.0. The molecule has 0 bridgehead atoms. The molecule has 1 aliphatic rings. The van der Waals surface area contributed by atoms with E-state index in [0.29, 0.717) is 62.2 Å². The first kappa shape index (κ1) is 22.6. The Morgan fingerprint density at radius 3 is 2.55 bits per heavy atom. The fourth-order valence-electron chi connectivity index (χ4n) is 3.92. The molecule has 0 spiro atoms. The van der Waals surface area contributed by atoms with Crippen LogP contribution in [-0.2, 0) is 16.0 Å². The van der Waals surface area contributed by atoms with Gasteiger partial charge in [0.15, 0.2) is 0 Å². The van der Waals surface area contributed by atoms with Crippen molar-refractivity contribution in [3.05, 3.63) is 60.1 Å². The second-order valence-corrected chi connectivity index (χ2v) is 8.65. The summed E-state index contributed by atoms with van der Waals surface area (Å²) in [4.78, 5) is 35.5. The second-order valence-electron chi connectivity index (χ2n) is 8.65. The number of benzene rings is 1. The zero-order valence-electron chi connectivity index (χ0n) is 19.0. The van der Waals surface area contributed by atoms with E-state index in [4.69, 9.17) is 4.52 Å². The predicted octanol–water partition coefficient (Wildman–Crippen LogP) is 4.06. The van der Waals surface area contributed by atoms with Crippen LogP contribution in [-0.4, -0.2) is 44.9 Å². The van der Waals surface area contributed by atoms with Crippen LogP contribution < -0.4 is 5.32 Å². The molecular weight excluding hydrogens is 418 g/mol. The van der Waals surface area contributed by atoms with Crippen molar-refractivity contribution in [1.82, 2.24) is 20.0 Å². The number of carbonyl (C=O) groups is 2. The van der Waals surface area contributed by atoms with Crippen LogP contribution in [0.5, 0.6) is 0 Å². The van der Waals surface area contributed by atoms with Crippen LogP contribution in [0.15, 0.2) is 53.2 Å². The smallest absolute Gasteiger partial charge is 0.228 e. The maximum atomic E-state index is 12.6. The summed E-state index contributed by atoms with van der Waals surface area (Å²) in [5, 5.41) is 6.90. The molecule has 1 N–H and O–H groups in total. The normalized spacial score (nSPS) is 14.5. The molecule has 8 nitrogen and oxygen atoms in total. The van der Waals surface area contributed by atoms with Gasteiger partial charge in [0, 0.05) is 43.6 Å². The van der Waals surface area contributed by atoms with E-state index in [2.05, 4.69) is 46.4 Å². The third-order valence-corrected chi connectivity index (χ3v) is 5.99. The minimum atomic E-state index is -0.114. The zero-order valence-corrected chi connectivity index (χ0v) is 19.0. The van der Waals surface area contributed by atoms with Crippen LogP contribution in [0.1, 0.15) is 50.5 Å². The quantitative estimate of drug-likeness (QED) is 0.586. The number of amides is 2. The van der Waals surface area contributed by atoms with E-state index in [1.807, 2.05) is 23.1 Å². The molecule has 0 aliphatic carbocycles. The summed E-state index contributed by atoms with van der Waals surface area (Å²) in [6.45, 7) is 5.43. The molecule has 1 aromatic carbocycles. The largest absolute Gasteiger partial charge is 0.343 e. The van der Waals surface area contributed by atoms with Crippen LogP contribution in [0.2, 0.25) is 0 Å². The lowest BCUT2D eigenvalue weighted by Crippen LogP contribution is -2.41. The number of hydrogen-bond donors (Lipinski definition) is 1. The number of hydrogen-bond acceptors (Lipinski definition) is 6. The van der Waals surface area contributed by atoms with Gasteiger partial charge in [-0.15, -0.1) is 0 Å². The van der Waals surface area contributed by atoms with E-state index in [0.717, 1.165) is 5.56 Å². The standard InChI is InChI=1S/C25H29N5O3/c1-17(2)18-6-8-19(9-7-18)24-28-22(33-29-24)10-11-23(31)30-15-12-20(13-16-30)25(32)27-21-5-3-4-14-26-21/h3-9,14,17,20H,10-13,15-16H2,1-2H3,(H,26,27,32). The Kier molecular flexibility index (Phi) is 7.12. The van der Waals surface area contributed by atoms with Crippen molar-refractivity contribution in [2.24, 2.45) is 5.92 Å². The average Bonchev–Trinajstić information content (AvgIpc) is 3.32. The highest BCUT2D eigenvalue weighted by Gasteiger charge is 2.27. The Hall–Kier alpha value is -3.55. The predicted molar refractivity (Wildman–Crippen MR) is 124 cm³/mol. The molecule has 0 radical (unpaired) electrons. The van der Waals surface area contributed by atoms with E-state index < -0.39 is 0 Å². The number of piperidine rings is 1. The maximum absolute atomic E-state index is 12.6. The highest BCUT2D eigenvalue weighted by atomic mass is 16.5. The SMILES string of the molecule is CC(C)c1ccc(-c2noc(CCC(=O)N3CCC(C(=O)Nc4ccccn4)CC3)n2)cc1. The van der Waals surface area contributed by atoms with Crippen molar-refractivity contribution in [2.75, 3.05) is 18.4 Å². The highest BCUT2D eigenvalue weighted by molar-refractivity contribution is 5.91. The first-order valence-electron chi connectivity index (χ1n) is 11.4. The molecule has 2 aromatic heterocycles. The Bertz CT molecular complexity index is 1070. The number of nitrogens with one attached hydrogen (secondary N) is 1. The van der Waals surface area contributed by atoms with Crippen LogP contribution in [0.3, 0.4) is 0 Å². The number of likely N-dealkylation sites (tertiary alicyclic amines) is 1. The number of aromatic nitrogens is 3. The molecular formula is C25H29N5O3. The summed E-state index contributed by atoms with van der Waals surface area (Å²) >= 11 is 0. The van der Waals surface area contributed by atoms with E-state index in [9.17, 15) is 9.59 Å². The molecule has 1 saturated heterocycles. The molecule has 3 heterocycles. The first-order valence-corrected chi connectivity index (χ1v) is 11.4. The summed E-state index contributed by atoms with van der Waals surface area (Å²) in [6, 6.07) is 13.5. The molecule has 4 rings (SSSR count). The van der Waals surface area contributed by atoms with Gasteiger partial charge in [0.2, 0.25) is 23.5 Å². The molecule has 1 fully saturated rings. The van der Waals surface area contributed by atoms with Gasteiger partial charge in [-0.05, 0) is 36.5 Å². The van der Waals surface area contributed by atoms with Gasteiger partial charge in [0.25, 0.3) is 0 Å². The molecule has 1 aliphatic heterocycles. The van der Waals surface area contributed by atoms with E-state index in [1.165, 1.54) is 5.56 Å². The average molecular weight is 448 g/mol. The molecule has 3 aromatic rings. The van der Waals surface area contributed by atoms with Gasteiger partial charge in [-0.1, -0.05) is 49.3 Å². The molecule has 33 heavy (non-hydrogen) atoms. The highest BCUT2D eigenvalue weighted by Crippen LogP contribution is 2.22. The van der Waals surface area contributed by atoms with Gasteiger partial charge < -0.3 is 14.7 Å². The van der Waals surface area contributed by atoms with Gasteiger partial charge in [0.1, 0.15) is 5.82 Å². The Morgan fingerprint density at radius 1 is 1.12 bits per heavy atom. The molecule has 8 heteroatoms. The summed E-state index contributed by atoms with van der Waals surface area (Å²) < 4.78 is 5.35. The van der Waals surface area contributed by atoms with Crippen molar-refractivity contribution < 1.29 is 14.1 Å². The molecule has 0 unspecified atom stereocenters. The van der Waals surface area contributed by atoms with Crippen LogP contribution in [0, 0.1) is 5.92 Å². The number of pyridine rings is 1. The van der Waals surface area contributed by atoms with Gasteiger partial charge in [-0.3, -0.25) is 9.59 Å². The second kappa shape index (κ2) is 10.4. The molecule has 0 atom stereocenters. The van der Waals surface area contributed by atoms with Crippen molar-refractivity contribution >= 4 is 17.6 Å². The van der Waals surface area contributed by atoms with Crippen LogP contribution >= 0.6 is 0 Å². The fraction of sp³-hybridized carbons (Fsp3) is 0.400. The van der Waals surface area contributed by atoms with Crippen LogP contribution in [0.25, 0.3) is 11.4 Å². The van der Waals surface area contributed by atoms with Crippen molar-refractivity contribution in [2.45, 2.75) is 45.4 Å². The number of aryl methyl sites for hydroxylation is 1. The van der Waals surface area contributed by atoms with Gasteiger partial charge in [0.05, 0.1) is 0 Å². The third-order valence-electron chi connectivity index (χ3n) is 5.99. The molecule has 2 amide bonds. The Morgan fingerprint density at radius 2 is 1.88 bits per heavy atom. The Labute approximate surface area is 193 Å². The summed E-state index contributed by atoms with van der Waals surface area (Å²) in [5.74, 6) is 1.89. The summed E-state index contributed by atoms with van der Waals surface area (Å²) in [5.41, 5.74) is 2.15. The van der Waals surface area contributed by atoms with Crippen LogP contribution in [0.4, 0.5) is 5.82 Å². The minimum Gasteiger partial charge on any atom is -0.343 e. The fourth-order valence-corrected chi connectivity index (χ4v) is 3.92. The van der Waals surface area contributed by atoms with Gasteiger partial charge in [-0.2, -0.15) is 4.98 Å². The van der Waals surface area contributed by atoms with Crippen molar-refractivity contribution in [1.29, 1.82) is 0 Å². The van der Waals surface area contributed by atoms with Gasteiger partial charge >= 0.3 is 0 Å². The lowest BCUT2D eigenvalue weighted by molar-refractivity contribution is -0.134. The number of nitrogens with zero attached hydrogens (tertiary/aromatic N) is 4. The van der Waals surface area contributed by atoms with Crippen molar-refractivity contribution in [3.63, 3.8) is 0 Å². The summed E-state index contributed by atoms with van der Waals surface area (Å²) in [6.07, 6.45) is 3.63. The van der Waals surface area contributed by atoms with Crippen molar-refractivity contribution in [3.8, 4) is 11.4 Å². The molecule has 0 saturated carbocycles.